The van der Waals surface area contributed by atoms with Crippen molar-refractivity contribution in [3.63, 3.8) is 0 Å². The Bertz CT molecular complexity index is 215. The first-order valence-electron chi connectivity index (χ1n) is 6.37. The minimum Gasteiger partial charge on any atom is -0.462 e. The van der Waals surface area contributed by atoms with Crippen molar-refractivity contribution in [2.45, 2.75) is 33.8 Å². The molecule has 0 aliphatic carbocycles. The molecule has 0 aromatic carbocycles. The summed E-state index contributed by atoms with van der Waals surface area (Å²) in [6.45, 7) is 11.3. The first-order chi connectivity index (χ1) is 7.81. The van der Waals surface area contributed by atoms with Gasteiger partial charge in [0.25, 0.3) is 0 Å². The monoisotopic (exact) mass is 244 g/mol. The number of carbonyl (C=O) groups is 1. The largest absolute Gasteiger partial charge is 0.462 e. The Morgan fingerprint density at radius 2 is 1.71 bits per heavy atom. The summed E-state index contributed by atoms with van der Waals surface area (Å²) in [5.74, 6) is 0.434. The average molecular weight is 244 g/mol. The Balaban J connectivity index is 4.12. The van der Waals surface area contributed by atoms with Crippen LogP contribution in [0.2, 0.25) is 0 Å². The van der Waals surface area contributed by atoms with Gasteiger partial charge in [0.2, 0.25) is 0 Å². The van der Waals surface area contributed by atoms with Crippen LogP contribution in [-0.4, -0.2) is 62.1 Å². The maximum Gasteiger partial charge on any atom is 0.320 e. The van der Waals surface area contributed by atoms with Crippen LogP contribution in [0.5, 0.6) is 0 Å². The van der Waals surface area contributed by atoms with E-state index in [4.69, 9.17) is 4.74 Å². The number of ether oxygens (including phenoxy) is 1. The summed E-state index contributed by atoms with van der Waals surface area (Å²) >= 11 is 0. The van der Waals surface area contributed by atoms with Gasteiger partial charge in [-0.2, -0.15) is 0 Å². The van der Waals surface area contributed by atoms with E-state index in [1.54, 1.807) is 0 Å². The number of hydrogen-bond acceptors (Lipinski definition) is 4. The van der Waals surface area contributed by atoms with E-state index in [1.165, 1.54) is 0 Å². The molecule has 0 radical (unpaired) electrons. The second kappa shape index (κ2) is 8.48. The van der Waals surface area contributed by atoms with Crippen LogP contribution in [0.1, 0.15) is 27.7 Å². The van der Waals surface area contributed by atoms with Crippen LogP contribution in [0.15, 0.2) is 0 Å². The zero-order valence-electron chi connectivity index (χ0n) is 12.2. The highest BCUT2D eigenvalue weighted by Gasteiger charge is 2.14. The molecule has 0 rings (SSSR count). The molecule has 0 heterocycles. The van der Waals surface area contributed by atoms with Gasteiger partial charge in [-0.05, 0) is 33.9 Å². The van der Waals surface area contributed by atoms with Crippen molar-refractivity contribution in [1.82, 2.24) is 9.80 Å². The van der Waals surface area contributed by atoms with Crippen LogP contribution in [0.3, 0.4) is 0 Å². The normalized spacial score (nSPS) is 11.9. The molecule has 4 nitrogen and oxygen atoms in total. The Labute approximate surface area is 106 Å². The smallest absolute Gasteiger partial charge is 0.320 e. The van der Waals surface area contributed by atoms with Gasteiger partial charge >= 0.3 is 5.97 Å². The van der Waals surface area contributed by atoms with Gasteiger partial charge in [-0.3, -0.25) is 9.69 Å². The van der Waals surface area contributed by atoms with E-state index >= 15 is 0 Å². The number of likely N-dealkylation sites (N-methyl/N-ethyl adjacent to an activating group) is 1. The van der Waals surface area contributed by atoms with Crippen molar-refractivity contribution in [2.24, 2.45) is 5.92 Å². The molecule has 0 spiro atoms. The van der Waals surface area contributed by atoms with Crippen molar-refractivity contribution in [2.75, 3.05) is 40.3 Å². The molecule has 0 saturated heterocycles. The lowest BCUT2D eigenvalue weighted by Crippen LogP contribution is -2.38. The molecule has 0 aliphatic rings. The van der Waals surface area contributed by atoms with Gasteiger partial charge in [-0.25, -0.2) is 0 Å². The lowest BCUT2D eigenvalue weighted by Gasteiger charge is -2.25. The van der Waals surface area contributed by atoms with Crippen molar-refractivity contribution in [1.29, 1.82) is 0 Å². The van der Waals surface area contributed by atoms with Crippen LogP contribution in [0.4, 0.5) is 0 Å². The molecular formula is C13H28N2O2. The van der Waals surface area contributed by atoms with Crippen LogP contribution >= 0.6 is 0 Å². The van der Waals surface area contributed by atoms with Crippen LogP contribution in [-0.2, 0) is 9.53 Å². The molecule has 0 unspecified atom stereocenters. The highest BCUT2D eigenvalue weighted by atomic mass is 16.5. The number of rotatable bonds is 8. The van der Waals surface area contributed by atoms with E-state index in [-0.39, 0.29) is 12.1 Å². The van der Waals surface area contributed by atoms with Gasteiger partial charge in [0.15, 0.2) is 0 Å². The maximum absolute atomic E-state index is 11.6. The number of esters is 1. The molecule has 0 saturated carbocycles. The fourth-order valence-electron chi connectivity index (χ4n) is 1.58. The van der Waals surface area contributed by atoms with Crippen LogP contribution < -0.4 is 0 Å². The van der Waals surface area contributed by atoms with Crippen molar-refractivity contribution in [3.8, 4) is 0 Å². The van der Waals surface area contributed by atoms with Gasteiger partial charge in [0, 0.05) is 19.6 Å². The molecule has 0 fully saturated rings. The summed E-state index contributed by atoms with van der Waals surface area (Å²) < 4.78 is 5.17. The van der Waals surface area contributed by atoms with E-state index in [1.807, 2.05) is 27.9 Å². The van der Waals surface area contributed by atoms with E-state index in [0.717, 1.165) is 19.6 Å². The van der Waals surface area contributed by atoms with Gasteiger partial charge in [-0.15, -0.1) is 0 Å². The highest BCUT2D eigenvalue weighted by molar-refractivity contribution is 5.71. The summed E-state index contributed by atoms with van der Waals surface area (Å²) in [5, 5.41) is 0. The van der Waals surface area contributed by atoms with Gasteiger partial charge < -0.3 is 9.64 Å². The lowest BCUT2D eigenvalue weighted by atomic mass is 10.2. The Hall–Kier alpha value is -0.610. The summed E-state index contributed by atoms with van der Waals surface area (Å²) in [6, 6.07) is 0. The van der Waals surface area contributed by atoms with Crippen molar-refractivity contribution >= 4 is 5.97 Å². The predicted octanol–water partition coefficient (Wildman–Crippen LogP) is 1.46. The van der Waals surface area contributed by atoms with E-state index in [9.17, 15) is 4.79 Å². The number of carbonyl (C=O) groups excluding carboxylic acids is 1. The molecule has 17 heavy (non-hydrogen) atoms. The SMILES string of the molecule is CC(C)CN(CCN(C)C)CC(=O)OC(C)C. The molecule has 4 heteroatoms. The summed E-state index contributed by atoms with van der Waals surface area (Å²) in [7, 11) is 4.08. The maximum atomic E-state index is 11.6. The minimum atomic E-state index is -0.126. The standard InChI is InChI=1S/C13H28N2O2/c1-11(2)9-15(8-7-14(5)6)10-13(16)17-12(3)4/h11-12H,7-10H2,1-6H3. The van der Waals surface area contributed by atoms with E-state index < -0.39 is 0 Å². The molecule has 0 aromatic heterocycles. The third-order valence-electron chi connectivity index (χ3n) is 2.21. The molecule has 0 aliphatic heterocycles. The highest BCUT2D eigenvalue weighted by Crippen LogP contribution is 2.00. The zero-order valence-corrected chi connectivity index (χ0v) is 12.2. The first kappa shape index (κ1) is 16.4. The first-order valence-corrected chi connectivity index (χ1v) is 6.37. The summed E-state index contributed by atoms with van der Waals surface area (Å²) in [6.07, 6.45) is -0.0303. The third kappa shape index (κ3) is 10.3. The number of hydrogen-bond donors (Lipinski definition) is 0. The molecule has 0 atom stereocenters. The van der Waals surface area contributed by atoms with Gasteiger partial charge in [0.05, 0.1) is 12.6 Å². The lowest BCUT2D eigenvalue weighted by molar-refractivity contribution is -0.148. The second-order valence-electron chi connectivity index (χ2n) is 5.47. The van der Waals surface area contributed by atoms with E-state index in [0.29, 0.717) is 12.5 Å². The second-order valence-corrected chi connectivity index (χ2v) is 5.47. The summed E-state index contributed by atoms with van der Waals surface area (Å²) in [5.41, 5.74) is 0. The molecular weight excluding hydrogens is 216 g/mol. The summed E-state index contributed by atoms with van der Waals surface area (Å²) in [4.78, 5) is 15.9. The van der Waals surface area contributed by atoms with Crippen LogP contribution in [0, 0.1) is 5.92 Å². The van der Waals surface area contributed by atoms with Crippen molar-refractivity contribution in [3.05, 3.63) is 0 Å². The number of nitrogens with zero attached hydrogens (tertiary/aromatic N) is 2. The molecule has 0 aromatic rings. The van der Waals surface area contributed by atoms with E-state index in [2.05, 4.69) is 23.6 Å². The Morgan fingerprint density at radius 1 is 1.12 bits per heavy atom. The van der Waals surface area contributed by atoms with Crippen molar-refractivity contribution < 1.29 is 9.53 Å². The fraction of sp³-hybridized carbons (Fsp3) is 0.923. The van der Waals surface area contributed by atoms with Gasteiger partial charge in [-0.1, -0.05) is 13.8 Å². The quantitative estimate of drug-likeness (QED) is 0.605. The Kier molecular flexibility index (Phi) is 8.17. The molecule has 0 amide bonds. The third-order valence-corrected chi connectivity index (χ3v) is 2.21. The minimum absolute atomic E-state index is 0.0303. The van der Waals surface area contributed by atoms with Gasteiger partial charge in [0.1, 0.15) is 0 Å². The topological polar surface area (TPSA) is 32.8 Å². The molecule has 102 valence electrons. The zero-order chi connectivity index (χ0) is 13.4. The average Bonchev–Trinajstić information content (AvgIpc) is 2.11. The molecule has 0 bridgehead atoms. The molecule has 0 N–H and O–H groups in total. The predicted molar refractivity (Wildman–Crippen MR) is 71.1 cm³/mol. The fourth-order valence-corrected chi connectivity index (χ4v) is 1.58. The van der Waals surface area contributed by atoms with Crippen LogP contribution in [0.25, 0.3) is 0 Å². The Morgan fingerprint density at radius 3 is 2.12 bits per heavy atom.